The summed E-state index contributed by atoms with van der Waals surface area (Å²) in [4.78, 5) is 31.9. The van der Waals surface area contributed by atoms with E-state index in [1.54, 1.807) is 36.7 Å². The number of Topliss-reactive ketones (excluding diaryl/α,β-unsaturated/α-hetero) is 1. The summed E-state index contributed by atoms with van der Waals surface area (Å²) in [6.07, 6.45) is 3.17. The number of ether oxygens (including phenoxy) is 1. The van der Waals surface area contributed by atoms with Crippen LogP contribution in [0.2, 0.25) is 5.02 Å². The van der Waals surface area contributed by atoms with Crippen LogP contribution >= 0.6 is 11.6 Å². The molecule has 1 aliphatic rings. The number of aromatic nitrogens is 1. The highest BCUT2D eigenvalue weighted by molar-refractivity contribution is 6.51. The molecule has 32 heavy (non-hydrogen) atoms. The number of rotatable bonds is 4. The van der Waals surface area contributed by atoms with Gasteiger partial charge in [0.25, 0.3) is 11.7 Å². The lowest BCUT2D eigenvalue weighted by molar-refractivity contribution is -0.132. The van der Waals surface area contributed by atoms with Crippen molar-refractivity contribution in [1.29, 1.82) is 0 Å². The number of benzene rings is 2. The Balaban J connectivity index is 1.96. The number of anilines is 1. The highest BCUT2D eigenvalue weighted by atomic mass is 35.5. The number of ketones is 1. The van der Waals surface area contributed by atoms with Gasteiger partial charge in [-0.1, -0.05) is 29.3 Å². The van der Waals surface area contributed by atoms with Crippen molar-refractivity contribution in [2.24, 2.45) is 0 Å². The maximum Gasteiger partial charge on any atom is 0.300 e. The zero-order valence-electron chi connectivity index (χ0n) is 17.8. The van der Waals surface area contributed by atoms with Crippen LogP contribution in [0.4, 0.5) is 5.69 Å². The first-order valence-electron chi connectivity index (χ1n) is 9.95. The minimum Gasteiger partial charge on any atom is -0.507 e. The fourth-order valence-corrected chi connectivity index (χ4v) is 4.18. The number of methoxy groups -OCH3 is 1. The van der Waals surface area contributed by atoms with Crippen LogP contribution in [0.15, 0.2) is 66.5 Å². The number of hydrogen-bond acceptors (Lipinski definition) is 5. The van der Waals surface area contributed by atoms with Gasteiger partial charge in [0.05, 0.1) is 23.7 Å². The number of aliphatic hydroxyl groups is 1. The van der Waals surface area contributed by atoms with Gasteiger partial charge in [-0.05, 0) is 61.4 Å². The van der Waals surface area contributed by atoms with Crippen molar-refractivity contribution in [3.8, 4) is 5.75 Å². The van der Waals surface area contributed by atoms with Gasteiger partial charge < -0.3 is 9.84 Å². The van der Waals surface area contributed by atoms with E-state index in [0.29, 0.717) is 27.6 Å². The predicted octanol–water partition coefficient (Wildman–Crippen LogP) is 4.99. The molecule has 162 valence electrons. The molecule has 0 aliphatic carbocycles. The van der Waals surface area contributed by atoms with Crippen molar-refractivity contribution in [3.63, 3.8) is 0 Å². The number of aliphatic hydroxyl groups excluding tert-OH is 1. The minimum absolute atomic E-state index is 0.00875. The zero-order chi connectivity index (χ0) is 23.0. The summed E-state index contributed by atoms with van der Waals surface area (Å²) in [5.74, 6) is -1.42. The maximum atomic E-state index is 13.2. The van der Waals surface area contributed by atoms with Crippen LogP contribution < -0.4 is 9.64 Å². The SMILES string of the molecule is COc1cc(/C(O)=C2\C(=O)C(=O)N(c3ccc(C)cc3C)C2c2ccncc2)ccc1Cl. The molecule has 0 spiro atoms. The first-order valence-corrected chi connectivity index (χ1v) is 10.3. The second-order valence-electron chi connectivity index (χ2n) is 7.59. The monoisotopic (exact) mass is 448 g/mol. The van der Waals surface area contributed by atoms with Crippen LogP contribution in [0.3, 0.4) is 0 Å². The molecule has 1 aromatic heterocycles. The van der Waals surface area contributed by atoms with Gasteiger partial charge in [-0.2, -0.15) is 0 Å². The highest BCUT2D eigenvalue weighted by Gasteiger charge is 2.47. The van der Waals surface area contributed by atoms with Crippen LogP contribution in [0.1, 0.15) is 28.3 Å². The highest BCUT2D eigenvalue weighted by Crippen LogP contribution is 2.43. The molecule has 2 aromatic carbocycles. The average Bonchev–Trinajstić information content (AvgIpc) is 3.05. The molecule has 1 N–H and O–H groups in total. The third kappa shape index (κ3) is 3.63. The van der Waals surface area contributed by atoms with E-state index in [9.17, 15) is 14.7 Å². The Hall–Kier alpha value is -3.64. The van der Waals surface area contributed by atoms with E-state index in [2.05, 4.69) is 4.98 Å². The normalized spacial score (nSPS) is 17.6. The smallest absolute Gasteiger partial charge is 0.300 e. The molecule has 1 fully saturated rings. The van der Waals surface area contributed by atoms with Gasteiger partial charge in [0.1, 0.15) is 11.5 Å². The molecule has 6 nitrogen and oxygen atoms in total. The second kappa shape index (κ2) is 8.48. The molecule has 1 unspecified atom stereocenters. The number of pyridine rings is 1. The summed E-state index contributed by atoms with van der Waals surface area (Å²) in [6, 6.07) is 13.0. The number of aryl methyl sites for hydroxylation is 2. The van der Waals surface area contributed by atoms with Crippen molar-refractivity contribution in [2.45, 2.75) is 19.9 Å². The van der Waals surface area contributed by atoms with Gasteiger partial charge in [0.15, 0.2) is 0 Å². The number of hydrogen-bond donors (Lipinski definition) is 1. The lowest BCUT2D eigenvalue weighted by atomic mass is 9.95. The molecule has 0 bridgehead atoms. The summed E-state index contributed by atoms with van der Waals surface area (Å²) in [5, 5.41) is 11.6. The van der Waals surface area contributed by atoms with Crippen molar-refractivity contribution in [1.82, 2.24) is 4.98 Å². The summed E-state index contributed by atoms with van der Waals surface area (Å²) < 4.78 is 5.24. The van der Waals surface area contributed by atoms with Crippen molar-refractivity contribution in [2.75, 3.05) is 12.0 Å². The van der Waals surface area contributed by atoms with Gasteiger partial charge in [0, 0.05) is 23.6 Å². The Labute approximate surface area is 190 Å². The Morgan fingerprint density at radius 1 is 1.06 bits per heavy atom. The average molecular weight is 449 g/mol. The Morgan fingerprint density at radius 2 is 1.78 bits per heavy atom. The molecule has 1 amide bonds. The quantitative estimate of drug-likeness (QED) is 0.345. The minimum atomic E-state index is -0.818. The lowest BCUT2D eigenvalue weighted by Crippen LogP contribution is -2.30. The molecule has 1 atom stereocenters. The Kier molecular flexibility index (Phi) is 5.72. The summed E-state index contributed by atoms with van der Waals surface area (Å²) in [5.41, 5.74) is 3.46. The van der Waals surface area contributed by atoms with E-state index in [4.69, 9.17) is 16.3 Å². The Bertz CT molecular complexity index is 1250. The molecule has 2 heterocycles. The standard InChI is InChI=1S/C25H21ClN2O4/c1-14-4-7-19(15(2)12-14)28-22(16-8-10-27-11-9-16)21(24(30)25(28)31)23(29)17-5-6-18(26)20(13-17)32-3/h4-13,22,29H,1-3H3/b23-21+. The van der Waals surface area contributed by atoms with Gasteiger partial charge in [0.2, 0.25) is 0 Å². The topological polar surface area (TPSA) is 79.7 Å². The van der Waals surface area contributed by atoms with E-state index in [1.165, 1.54) is 18.1 Å². The van der Waals surface area contributed by atoms with Crippen LogP contribution in [0.25, 0.3) is 5.76 Å². The van der Waals surface area contributed by atoms with E-state index in [1.807, 2.05) is 32.0 Å². The van der Waals surface area contributed by atoms with Crippen molar-refractivity contribution >= 4 is 34.7 Å². The van der Waals surface area contributed by atoms with Crippen molar-refractivity contribution in [3.05, 3.63) is 93.8 Å². The second-order valence-corrected chi connectivity index (χ2v) is 8.00. The zero-order valence-corrected chi connectivity index (χ0v) is 18.6. The van der Waals surface area contributed by atoms with E-state index < -0.39 is 17.7 Å². The molecule has 7 heteroatoms. The Morgan fingerprint density at radius 3 is 2.44 bits per heavy atom. The van der Waals surface area contributed by atoms with Gasteiger partial charge in [-0.25, -0.2) is 0 Å². The summed E-state index contributed by atoms with van der Waals surface area (Å²) in [7, 11) is 1.46. The predicted molar refractivity (Wildman–Crippen MR) is 123 cm³/mol. The molecule has 1 aliphatic heterocycles. The fourth-order valence-electron chi connectivity index (χ4n) is 3.98. The maximum absolute atomic E-state index is 13.2. The van der Waals surface area contributed by atoms with Crippen LogP contribution in [-0.4, -0.2) is 28.9 Å². The molecule has 4 rings (SSSR count). The number of halogens is 1. The van der Waals surface area contributed by atoms with E-state index >= 15 is 0 Å². The number of carbonyl (C=O) groups is 2. The van der Waals surface area contributed by atoms with Crippen LogP contribution in [0, 0.1) is 13.8 Å². The molecule has 0 saturated carbocycles. The van der Waals surface area contributed by atoms with Gasteiger partial charge in [-0.3, -0.25) is 19.5 Å². The summed E-state index contributed by atoms with van der Waals surface area (Å²) in [6.45, 7) is 3.84. The van der Waals surface area contributed by atoms with Gasteiger partial charge >= 0.3 is 0 Å². The first-order chi connectivity index (χ1) is 15.3. The lowest BCUT2D eigenvalue weighted by Gasteiger charge is -2.27. The van der Waals surface area contributed by atoms with E-state index in [-0.39, 0.29) is 11.3 Å². The van der Waals surface area contributed by atoms with Crippen LogP contribution in [-0.2, 0) is 9.59 Å². The number of nitrogens with zero attached hydrogens (tertiary/aromatic N) is 2. The first kappa shape index (κ1) is 21.6. The number of carbonyl (C=O) groups excluding carboxylic acids is 2. The third-order valence-corrected chi connectivity index (χ3v) is 5.81. The molecule has 1 saturated heterocycles. The van der Waals surface area contributed by atoms with Gasteiger partial charge in [-0.15, -0.1) is 0 Å². The largest absolute Gasteiger partial charge is 0.507 e. The third-order valence-electron chi connectivity index (χ3n) is 5.50. The molecule has 3 aromatic rings. The molecular weight excluding hydrogens is 428 g/mol. The van der Waals surface area contributed by atoms with Crippen molar-refractivity contribution < 1.29 is 19.4 Å². The molecule has 0 radical (unpaired) electrons. The van der Waals surface area contributed by atoms with Crippen LogP contribution in [0.5, 0.6) is 5.75 Å². The van der Waals surface area contributed by atoms with E-state index in [0.717, 1.165) is 11.1 Å². The molecular formula is C25H21ClN2O4. The summed E-state index contributed by atoms with van der Waals surface area (Å²) >= 11 is 6.11. The number of amides is 1. The fraction of sp³-hybridized carbons (Fsp3) is 0.160.